The maximum Gasteiger partial charge on any atom is 0.258 e. The van der Waals surface area contributed by atoms with Crippen molar-refractivity contribution in [3.05, 3.63) is 63.0 Å². The van der Waals surface area contributed by atoms with E-state index in [1.165, 1.54) is 38.6 Å². The van der Waals surface area contributed by atoms with Gasteiger partial charge in [0, 0.05) is 35.6 Å². The summed E-state index contributed by atoms with van der Waals surface area (Å²) < 4.78 is 1.54. The monoisotopic (exact) mass is 385 g/mol. The number of anilines is 1. The summed E-state index contributed by atoms with van der Waals surface area (Å²) in [6.07, 6.45) is 3.76. The van der Waals surface area contributed by atoms with Gasteiger partial charge in [-0.15, -0.1) is 23.1 Å². The third-order valence-corrected chi connectivity index (χ3v) is 6.19. The molecule has 0 N–H and O–H groups in total. The number of aryl methyl sites for hydroxylation is 2. The SMILES string of the molecule is Cc1ccc2c(c1)CCCN2C(=O)CSCc1cc(=O)n2ccsc2n1. The van der Waals surface area contributed by atoms with Crippen molar-refractivity contribution < 1.29 is 4.79 Å². The summed E-state index contributed by atoms with van der Waals surface area (Å²) in [5.41, 5.74) is 4.19. The van der Waals surface area contributed by atoms with E-state index in [1.807, 2.05) is 10.3 Å². The van der Waals surface area contributed by atoms with E-state index in [0.29, 0.717) is 16.5 Å². The zero-order chi connectivity index (χ0) is 18.1. The molecule has 1 aliphatic rings. The minimum Gasteiger partial charge on any atom is -0.311 e. The Bertz CT molecular complexity index is 1030. The lowest BCUT2D eigenvalue weighted by Gasteiger charge is -2.29. The van der Waals surface area contributed by atoms with Gasteiger partial charge in [-0.3, -0.25) is 14.0 Å². The summed E-state index contributed by atoms with van der Waals surface area (Å²) in [6, 6.07) is 7.84. The van der Waals surface area contributed by atoms with Gasteiger partial charge in [-0.05, 0) is 31.4 Å². The second kappa shape index (κ2) is 7.25. The van der Waals surface area contributed by atoms with Crippen LogP contribution in [-0.2, 0) is 17.0 Å². The minimum atomic E-state index is -0.0708. The van der Waals surface area contributed by atoms with Gasteiger partial charge < -0.3 is 4.90 Å². The fourth-order valence-electron chi connectivity index (χ4n) is 3.27. The molecule has 0 atom stereocenters. The molecule has 0 spiro atoms. The van der Waals surface area contributed by atoms with Crippen LogP contribution in [0.15, 0.2) is 40.6 Å². The topological polar surface area (TPSA) is 54.7 Å². The van der Waals surface area contributed by atoms with Crippen LogP contribution in [0, 0.1) is 6.92 Å². The van der Waals surface area contributed by atoms with Gasteiger partial charge in [-0.2, -0.15) is 0 Å². The van der Waals surface area contributed by atoms with Gasteiger partial charge in [0.2, 0.25) is 5.91 Å². The van der Waals surface area contributed by atoms with Crippen LogP contribution < -0.4 is 10.5 Å². The Morgan fingerprint density at radius 1 is 1.35 bits per heavy atom. The lowest BCUT2D eigenvalue weighted by Crippen LogP contribution is -2.36. The first-order valence-corrected chi connectivity index (χ1v) is 10.6. The number of thioether (sulfide) groups is 1. The summed E-state index contributed by atoms with van der Waals surface area (Å²) in [5.74, 6) is 1.07. The molecule has 26 heavy (non-hydrogen) atoms. The first-order valence-electron chi connectivity index (χ1n) is 8.55. The number of aromatic nitrogens is 2. The predicted molar refractivity (Wildman–Crippen MR) is 107 cm³/mol. The summed E-state index contributed by atoms with van der Waals surface area (Å²) in [7, 11) is 0. The molecule has 0 fully saturated rings. The first kappa shape index (κ1) is 17.3. The molecule has 0 unspecified atom stereocenters. The predicted octanol–water partition coefficient (Wildman–Crippen LogP) is 3.28. The number of carbonyl (C=O) groups is 1. The van der Waals surface area contributed by atoms with Crippen molar-refractivity contribution >= 4 is 39.7 Å². The van der Waals surface area contributed by atoms with Crippen molar-refractivity contribution in [2.24, 2.45) is 0 Å². The summed E-state index contributed by atoms with van der Waals surface area (Å²) in [5, 5.41) is 1.85. The van der Waals surface area contributed by atoms with Gasteiger partial charge in [0.1, 0.15) is 0 Å². The third-order valence-electron chi connectivity index (χ3n) is 4.49. The van der Waals surface area contributed by atoms with E-state index < -0.39 is 0 Å². The normalized spacial score (nSPS) is 13.8. The number of fused-ring (bicyclic) bond motifs is 2. The molecule has 0 saturated heterocycles. The van der Waals surface area contributed by atoms with Gasteiger partial charge in [0.05, 0.1) is 11.4 Å². The highest BCUT2D eigenvalue weighted by Gasteiger charge is 2.22. The molecule has 0 saturated carbocycles. The maximum atomic E-state index is 12.7. The number of nitrogens with zero attached hydrogens (tertiary/aromatic N) is 3. The van der Waals surface area contributed by atoms with Crippen molar-refractivity contribution in [2.45, 2.75) is 25.5 Å². The molecule has 0 bridgehead atoms. The Balaban J connectivity index is 1.42. The molecule has 134 valence electrons. The standard InChI is InChI=1S/C19H19N3O2S2/c1-13-4-5-16-14(9-13)3-2-6-21(16)18(24)12-25-11-15-10-17(23)22-7-8-26-19(22)20-15/h4-5,7-10H,2-3,6,11-12H2,1H3. The van der Waals surface area contributed by atoms with Gasteiger partial charge in [0.25, 0.3) is 5.56 Å². The third kappa shape index (κ3) is 3.41. The van der Waals surface area contributed by atoms with Crippen molar-refractivity contribution in [3.63, 3.8) is 0 Å². The second-order valence-electron chi connectivity index (χ2n) is 6.42. The lowest BCUT2D eigenvalue weighted by molar-refractivity contribution is -0.116. The molecule has 3 heterocycles. The fourth-order valence-corrected chi connectivity index (χ4v) is 4.80. The van der Waals surface area contributed by atoms with Crippen molar-refractivity contribution in [3.8, 4) is 0 Å². The van der Waals surface area contributed by atoms with Crippen LogP contribution in [0.5, 0.6) is 0 Å². The highest BCUT2D eigenvalue weighted by atomic mass is 32.2. The van der Waals surface area contributed by atoms with Gasteiger partial charge >= 0.3 is 0 Å². The zero-order valence-corrected chi connectivity index (χ0v) is 16.1. The van der Waals surface area contributed by atoms with Crippen LogP contribution in [0.3, 0.4) is 0 Å². The number of amides is 1. The van der Waals surface area contributed by atoms with Crippen LogP contribution in [-0.4, -0.2) is 27.6 Å². The van der Waals surface area contributed by atoms with Crippen molar-refractivity contribution in [1.82, 2.24) is 9.38 Å². The fraction of sp³-hybridized carbons (Fsp3) is 0.316. The molecule has 1 aliphatic heterocycles. The van der Waals surface area contributed by atoms with E-state index >= 15 is 0 Å². The van der Waals surface area contributed by atoms with Gasteiger partial charge in [-0.25, -0.2) is 4.98 Å². The van der Waals surface area contributed by atoms with Crippen LogP contribution in [0.4, 0.5) is 5.69 Å². The van der Waals surface area contributed by atoms with Crippen molar-refractivity contribution in [1.29, 1.82) is 0 Å². The molecule has 4 rings (SSSR count). The van der Waals surface area contributed by atoms with Gasteiger partial charge in [0.15, 0.2) is 4.96 Å². The summed E-state index contributed by atoms with van der Waals surface area (Å²) in [6.45, 7) is 2.85. The summed E-state index contributed by atoms with van der Waals surface area (Å²) >= 11 is 2.95. The smallest absolute Gasteiger partial charge is 0.258 e. The molecular formula is C19H19N3O2S2. The van der Waals surface area contributed by atoms with Crippen LogP contribution in [0.2, 0.25) is 0 Å². The number of carbonyl (C=O) groups excluding carboxylic acids is 1. The van der Waals surface area contributed by atoms with E-state index in [-0.39, 0.29) is 11.5 Å². The highest BCUT2D eigenvalue weighted by Crippen LogP contribution is 2.28. The number of rotatable bonds is 4. The number of thiazole rings is 1. The Morgan fingerprint density at radius 3 is 3.12 bits per heavy atom. The van der Waals surface area contributed by atoms with Crippen molar-refractivity contribution in [2.75, 3.05) is 17.2 Å². The van der Waals surface area contributed by atoms with E-state index in [2.05, 4.69) is 30.1 Å². The van der Waals surface area contributed by atoms with Crippen LogP contribution in [0.25, 0.3) is 4.96 Å². The Morgan fingerprint density at radius 2 is 2.23 bits per heavy atom. The molecule has 0 aliphatic carbocycles. The van der Waals surface area contributed by atoms with E-state index in [0.717, 1.165) is 30.8 Å². The van der Waals surface area contributed by atoms with Crippen LogP contribution >= 0.6 is 23.1 Å². The molecule has 2 aromatic heterocycles. The van der Waals surface area contributed by atoms with Crippen LogP contribution in [0.1, 0.15) is 23.2 Å². The average Bonchev–Trinajstić information content (AvgIpc) is 3.10. The van der Waals surface area contributed by atoms with Gasteiger partial charge in [-0.1, -0.05) is 17.7 Å². The zero-order valence-electron chi connectivity index (χ0n) is 14.5. The lowest BCUT2D eigenvalue weighted by atomic mass is 10.00. The molecule has 7 heteroatoms. The first-order chi connectivity index (χ1) is 12.6. The molecule has 3 aromatic rings. The Kier molecular flexibility index (Phi) is 4.82. The van der Waals surface area contributed by atoms with E-state index in [4.69, 9.17) is 0 Å². The number of hydrogen-bond acceptors (Lipinski definition) is 5. The number of hydrogen-bond donors (Lipinski definition) is 0. The summed E-state index contributed by atoms with van der Waals surface area (Å²) in [4.78, 5) is 31.8. The van der Waals surface area contributed by atoms with E-state index in [9.17, 15) is 9.59 Å². The molecule has 5 nitrogen and oxygen atoms in total. The molecule has 0 radical (unpaired) electrons. The Hall–Kier alpha value is -2.12. The minimum absolute atomic E-state index is 0.0708. The molecular weight excluding hydrogens is 366 g/mol. The van der Waals surface area contributed by atoms with E-state index in [1.54, 1.807) is 12.3 Å². The largest absolute Gasteiger partial charge is 0.311 e. The highest BCUT2D eigenvalue weighted by molar-refractivity contribution is 7.99. The Labute approximate surface area is 159 Å². The quantitative estimate of drug-likeness (QED) is 0.692. The second-order valence-corrected chi connectivity index (χ2v) is 8.27. The average molecular weight is 386 g/mol. The molecule has 1 aromatic carbocycles. The maximum absolute atomic E-state index is 12.7. The molecule has 1 amide bonds. The number of benzene rings is 1.